The minimum atomic E-state index is -0.379. The zero-order valence-corrected chi connectivity index (χ0v) is 11.4. The van der Waals surface area contributed by atoms with Crippen LogP contribution in [0.15, 0.2) is 42.5 Å². The maximum absolute atomic E-state index is 12.8. The summed E-state index contributed by atoms with van der Waals surface area (Å²) in [4.78, 5) is 0. The fourth-order valence-corrected chi connectivity index (χ4v) is 2.41. The van der Waals surface area contributed by atoms with E-state index >= 15 is 0 Å². The van der Waals surface area contributed by atoms with Crippen molar-refractivity contribution in [3.63, 3.8) is 0 Å². The molecule has 0 amide bonds. The lowest BCUT2D eigenvalue weighted by atomic mass is 9.93. The van der Waals surface area contributed by atoms with Gasteiger partial charge in [-0.15, -0.1) is 0 Å². The molecular formula is C15H10Cl2FN. The predicted octanol–water partition coefficient (Wildman–Crippen LogP) is 4.98. The molecule has 1 unspecified atom stereocenters. The lowest BCUT2D eigenvalue weighted by Gasteiger charge is -2.11. The van der Waals surface area contributed by atoms with E-state index in [-0.39, 0.29) is 11.7 Å². The monoisotopic (exact) mass is 293 g/mol. The molecule has 0 radical (unpaired) electrons. The third-order valence-electron chi connectivity index (χ3n) is 2.85. The van der Waals surface area contributed by atoms with Gasteiger partial charge in [0.25, 0.3) is 0 Å². The summed E-state index contributed by atoms with van der Waals surface area (Å²) >= 11 is 11.9. The van der Waals surface area contributed by atoms with Gasteiger partial charge in [-0.2, -0.15) is 5.26 Å². The van der Waals surface area contributed by atoms with E-state index in [0.717, 1.165) is 11.1 Å². The number of nitrogens with zero attached hydrogens (tertiary/aromatic N) is 1. The Morgan fingerprint density at radius 2 is 1.79 bits per heavy atom. The van der Waals surface area contributed by atoms with Crippen LogP contribution in [0.1, 0.15) is 17.0 Å². The Kier molecular flexibility index (Phi) is 4.42. The highest BCUT2D eigenvalue weighted by Crippen LogP contribution is 2.29. The molecule has 0 saturated heterocycles. The van der Waals surface area contributed by atoms with E-state index in [1.54, 1.807) is 30.3 Å². The average molecular weight is 294 g/mol. The Hall–Kier alpha value is -1.56. The van der Waals surface area contributed by atoms with Gasteiger partial charge < -0.3 is 0 Å². The van der Waals surface area contributed by atoms with Gasteiger partial charge in [0.2, 0.25) is 0 Å². The maximum Gasteiger partial charge on any atom is 0.123 e. The molecule has 2 rings (SSSR count). The van der Waals surface area contributed by atoms with E-state index in [0.29, 0.717) is 16.5 Å². The number of nitriles is 1. The Balaban J connectivity index is 2.25. The smallest absolute Gasteiger partial charge is 0.123 e. The van der Waals surface area contributed by atoms with Crippen LogP contribution in [0.5, 0.6) is 0 Å². The molecule has 4 heteroatoms. The van der Waals surface area contributed by atoms with E-state index in [2.05, 4.69) is 6.07 Å². The minimum absolute atomic E-state index is 0.290. The molecule has 0 N–H and O–H groups in total. The zero-order chi connectivity index (χ0) is 13.8. The van der Waals surface area contributed by atoms with Crippen LogP contribution in [0.2, 0.25) is 10.0 Å². The first kappa shape index (κ1) is 13.9. The lowest BCUT2D eigenvalue weighted by Crippen LogP contribution is -2.01. The summed E-state index contributed by atoms with van der Waals surface area (Å²) < 4.78 is 12.8. The lowest BCUT2D eigenvalue weighted by molar-refractivity contribution is 0.626. The topological polar surface area (TPSA) is 23.8 Å². The van der Waals surface area contributed by atoms with Gasteiger partial charge in [0, 0.05) is 10.0 Å². The first-order valence-corrected chi connectivity index (χ1v) is 6.45. The van der Waals surface area contributed by atoms with E-state index < -0.39 is 0 Å². The number of rotatable bonds is 3. The second kappa shape index (κ2) is 6.06. The van der Waals surface area contributed by atoms with Gasteiger partial charge in [0.1, 0.15) is 5.82 Å². The SMILES string of the molecule is N#CC(Cc1ccc(F)cc1)c1ccc(Cl)cc1Cl. The van der Waals surface area contributed by atoms with Crippen molar-refractivity contribution >= 4 is 23.2 Å². The quantitative estimate of drug-likeness (QED) is 0.783. The molecule has 2 aromatic rings. The van der Waals surface area contributed by atoms with Gasteiger partial charge in [-0.25, -0.2) is 4.39 Å². The number of halogens is 3. The average Bonchev–Trinajstić information content (AvgIpc) is 2.39. The molecular weight excluding hydrogens is 284 g/mol. The summed E-state index contributed by atoms with van der Waals surface area (Å²) in [6.45, 7) is 0. The van der Waals surface area contributed by atoms with Gasteiger partial charge in [-0.05, 0) is 41.8 Å². The second-order valence-electron chi connectivity index (χ2n) is 4.18. The fourth-order valence-electron chi connectivity index (χ4n) is 1.87. The van der Waals surface area contributed by atoms with Crippen molar-refractivity contribution in [1.29, 1.82) is 5.26 Å². The molecule has 96 valence electrons. The molecule has 0 aliphatic carbocycles. The summed E-state index contributed by atoms with van der Waals surface area (Å²) in [6.07, 6.45) is 0.484. The molecule has 2 aromatic carbocycles. The van der Waals surface area contributed by atoms with E-state index in [9.17, 15) is 9.65 Å². The largest absolute Gasteiger partial charge is 0.207 e. The third-order valence-corrected chi connectivity index (χ3v) is 3.41. The Bertz CT molecular complexity index is 617. The van der Waals surface area contributed by atoms with Crippen LogP contribution in [0, 0.1) is 17.1 Å². The van der Waals surface area contributed by atoms with Crippen LogP contribution in [0.25, 0.3) is 0 Å². The summed E-state index contributed by atoms with van der Waals surface area (Å²) in [5.74, 6) is -0.669. The van der Waals surface area contributed by atoms with Crippen molar-refractivity contribution in [2.24, 2.45) is 0 Å². The van der Waals surface area contributed by atoms with Crippen molar-refractivity contribution in [2.45, 2.75) is 12.3 Å². The van der Waals surface area contributed by atoms with Crippen molar-refractivity contribution in [1.82, 2.24) is 0 Å². The van der Waals surface area contributed by atoms with Gasteiger partial charge in [-0.1, -0.05) is 41.4 Å². The van der Waals surface area contributed by atoms with E-state index in [4.69, 9.17) is 23.2 Å². The summed E-state index contributed by atoms with van der Waals surface area (Å²) in [5, 5.41) is 10.3. The first-order chi connectivity index (χ1) is 9.10. The van der Waals surface area contributed by atoms with Gasteiger partial charge >= 0.3 is 0 Å². The van der Waals surface area contributed by atoms with Crippen LogP contribution in [-0.2, 0) is 6.42 Å². The molecule has 1 nitrogen and oxygen atoms in total. The van der Waals surface area contributed by atoms with Crippen LogP contribution < -0.4 is 0 Å². The Morgan fingerprint density at radius 3 is 2.37 bits per heavy atom. The highest BCUT2D eigenvalue weighted by atomic mass is 35.5. The second-order valence-corrected chi connectivity index (χ2v) is 5.02. The highest BCUT2D eigenvalue weighted by molar-refractivity contribution is 6.35. The molecule has 0 bridgehead atoms. The molecule has 0 fully saturated rings. The standard InChI is InChI=1S/C15H10Cl2FN/c16-12-3-6-14(15(17)8-12)11(9-19)7-10-1-4-13(18)5-2-10/h1-6,8,11H,7H2. The van der Waals surface area contributed by atoms with Gasteiger partial charge in [0.15, 0.2) is 0 Å². The maximum atomic E-state index is 12.8. The predicted molar refractivity (Wildman–Crippen MR) is 74.9 cm³/mol. The zero-order valence-electron chi connectivity index (χ0n) is 9.91. The van der Waals surface area contributed by atoms with Crippen LogP contribution in [0.4, 0.5) is 4.39 Å². The molecule has 0 heterocycles. The molecule has 0 aliphatic heterocycles. The third kappa shape index (κ3) is 3.47. The highest BCUT2D eigenvalue weighted by Gasteiger charge is 2.15. The molecule has 0 aromatic heterocycles. The molecule has 19 heavy (non-hydrogen) atoms. The number of hydrogen-bond donors (Lipinski definition) is 0. The van der Waals surface area contributed by atoms with E-state index in [1.807, 2.05) is 0 Å². The van der Waals surface area contributed by atoms with Crippen LogP contribution >= 0.6 is 23.2 Å². The molecule has 1 atom stereocenters. The summed E-state index contributed by atoms with van der Waals surface area (Å²) in [5.41, 5.74) is 1.62. The normalized spacial score (nSPS) is 11.9. The molecule has 0 spiro atoms. The number of benzene rings is 2. The minimum Gasteiger partial charge on any atom is -0.207 e. The first-order valence-electron chi connectivity index (χ1n) is 5.69. The number of hydrogen-bond acceptors (Lipinski definition) is 1. The summed E-state index contributed by atoms with van der Waals surface area (Å²) in [7, 11) is 0. The van der Waals surface area contributed by atoms with Crippen LogP contribution in [0.3, 0.4) is 0 Å². The van der Waals surface area contributed by atoms with Crippen molar-refractivity contribution in [2.75, 3.05) is 0 Å². The van der Waals surface area contributed by atoms with Gasteiger partial charge in [0.05, 0.1) is 12.0 Å². The van der Waals surface area contributed by atoms with Crippen molar-refractivity contribution < 1.29 is 4.39 Å². The van der Waals surface area contributed by atoms with Crippen molar-refractivity contribution in [3.05, 3.63) is 69.5 Å². The summed E-state index contributed by atoms with van der Waals surface area (Å²) in [6, 6.07) is 13.4. The van der Waals surface area contributed by atoms with Gasteiger partial charge in [-0.3, -0.25) is 0 Å². The molecule has 0 aliphatic rings. The Labute approximate surface area is 121 Å². The molecule has 0 saturated carbocycles. The van der Waals surface area contributed by atoms with Crippen molar-refractivity contribution in [3.8, 4) is 6.07 Å². The van der Waals surface area contributed by atoms with Crippen LogP contribution in [-0.4, -0.2) is 0 Å². The fraction of sp³-hybridized carbons (Fsp3) is 0.133. The van der Waals surface area contributed by atoms with E-state index in [1.165, 1.54) is 12.1 Å². The Morgan fingerprint density at radius 1 is 1.11 bits per heavy atom.